The standard InChI is InChI=1S/C15H21BrN2O3/c1-15(2,3)17-13(19)9-18(4)14(20)11-8-10(21-5)6-7-12(11)16/h6-8H,9H2,1-5H3,(H,17,19). The molecule has 1 rings (SSSR count). The predicted octanol–water partition coefficient (Wildman–Crippen LogP) is 2.44. The van der Waals surface area contributed by atoms with Gasteiger partial charge in [0.2, 0.25) is 5.91 Å². The molecule has 0 aromatic heterocycles. The van der Waals surface area contributed by atoms with Crippen molar-refractivity contribution in [3.8, 4) is 5.75 Å². The molecule has 1 aromatic rings. The number of carbonyl (C=O) groups is 2. The van der Waals surface area contributed by atoms with Gasteiger partial charge in [0.15, 0.2) is 0 Å². The highest BCUT2D eigenvalue weighted by Crippen LogP contribution is 2.23. The highest BCUT2D eigenvalue weighted by atomic mass is 79.9. The van der Waals surface area contributed by atoms with E-state index in [1.807, 2.05) is 20.8 Å². The molecule has 21 heavy (non-hydrogen) atoms. The maximum atomic E-state index is 12.4. The van der Waals surface area contributed by atoms with Crippen molar-refractivity contribution in [1.82, 2.24) is 10.2 Å². The molecular weight excluding hydrogens is 336 g/mol. The monoisotopic (exact) mass is 356 g/mol. The zero-order chi connectivity index (χ0) is 16.2. The fourth-order valence-electron chi connectivity index (χ4n) is 1.75. The van der Waals surface area contributed by atoms with Gasteiger partial charge in [-0.1, -0.05) is 0 Å². The molecule has 1 aromatic carbocycles. The summed E-state index contributed by atoms with van der Waals surface area (Å²) in [6.07, 6.45) is 0. The fraction of sp³-hybridized carbons (Fsp3) is 0.467. The van der Waals surface area contributed by atoms with Crippen molar-refractivity contribution in [1.29, 1.82) is 0 Å². The number of nitrogens with zero attached hydrogens (tertiary/aromatic N) is 1. The summed E-state index contributed by atoms with van der Waals surface area (Å²) in [6, 6.07) is 5.15. The molecule has 1 N–H and O–H groups in total. The Morgan fingerprint density at radius 3 is 2.48 bits per heavy atom. The van der Waals surface area contributed by atoms with Crippen molar-refractivity contribution >= 4 is 27.7 Å². The topological polar surface area (TPSA) is 58.6 Å². The van der Waals surface area contributed by atoms with E-state index < -0.39 is 0 Å². The molecule has 2 amide bonds. The highest BCUT2D eigenvalue weighted by molar-refractivity contribution is 9.10. The summed E-state index contributed by atoms with van der Waals surface area (Å²) in [5.74, 6) is 0.149. The summed E-state index contributed by atoms with van der Waals surface area (Å²) in [5.41, 5.74) is 0.137. The minimum atomic E-state index is -0.322. The number of nitrogens with one attached hydrogen (secondary N) is 1. The second-order valence-corrected chi connectivity index (χ2v) is 6.66. The van der Waals surface area contributed by atoms with Crippen LogP contribution in [0.15, 0.2) is 22.7 Å². The Morgan fingerprint density at radius 1 is 1.33 bits per heavy atom. The molecule has 0 aliphatic rings. The van der Waals surface area contributed by atoms with Crippen molar-refractivity contribution in [2.75, 3.05) is 20.7 Å². The molecule has 0 heterocycles. The van der Waals surface area contributed by atoms with Crippen molar-refractivity contribution < 1.29 is 14.3 Å². The van der Waals surface area contributed by atoms with Gasteiger partial charge in [0.25, 0.3) is 5.91 Å². The van der Waals surface area contributed by atoms with Crippen LogP contribution in [-0.2, 0) is 4.79 Å². The molecule has 0 aliphatic heterocycles. The van der Waals surface area contributed by atoms with Crippen molar-refractivity contribution in [2.24, 2.45) is 0 Å². The first kappa shape index (κ1) is 17.5. The van der Waals surface area contributed by atoms with Crippen molar-refractivity contribution in [2.45, 2.75) is 26.3 Å². The molecule has 0 saturated carbocycles. The molecule has 0 fully saturated rings. The van der Waals surface area contributed by atoms with Crippen LogP contribution in [0.2, 0.25) is 0 Å². The molecule has 0 radical (unpaired) electrons. The zero-order valence-corrected chi connectivity index (χ0v) is 14.6. The number of likely N-dealkylation sites (N-methyl/N-ethyl adjacent to an activating group) is 1. The Bertz CT molecular complexity index is 538. The molecule has 0 aliphatic carbocycles. The Labute approximate surface area is 133 Å². The zero-order valence-electron chi connectivity index (χ0n) is 13.0. The molecule has 6 heteroatoms. The van der Waals surface area contributed by atoms with Gasteiger partial charge in [0, 0.05) is 17.1 Å². The van der Waals surface area contributed by atoms with Gasteiger partial charge < -0.3 is 15.0 Å². The van der Waals surface area contributed by atoms with E-state index in [-0.39, 0.29) is 23.9 Å². The average Bonchev–Trinajstić information content (AvgIpc) is 2.36. The molecule has 116 valence electrons. The highest BCUT2D eigenvalue weighted by Gasteiger charge is 2.20. The third kappa shape index (κ3) is 5.38. The van der Waals surface area contributed by atoms with E-state index in [2.05, 4.69) is 21.2 Å². The lowest BCUT2D eigenvalue weighted by Crippen LogP contribution is -2.46. The average molecular weight is 357 g/mol. The quantitative estimate of drug-likeness (QED) is 0.901. The number of rotatable bonds is 4. The third-order valence-corrected chi connectivity index (χ3v) is 3.34. The molecule has 0 spiro atoms. The van der Waals surface area contributed by atoms with Crippen LogP contribution >= 0.6 is 15.9 Å². The predicted molar refractivity (Wildman–Crippen MR) is 85.6 cm³/mol. The van der Waals surface area contributed by atoms with Gasteiger partial charge in [-0.2, -0.15) is 0 Å². The first-order valence-corrected chi connectivity index (χ1v) is 7.33. The van der Waals surface area contributed by atoms with E-state index in [0.29, 0.717) is 15.8 Å². The second kappa shape index (κ2) is 6.93. The maximum absolute atomic E-state index is 12.4. The number of halogens is 1. The molecule has 0 bridgehead atoms. The van der Waals surface area contributed by atoms with Gasteiger partial charge in [-0.05, 0) is 54.9 Å². The number of methoxy groups -OCH3 is 1. The van der Waals surface area contributed by atoms with E-state index in [9.17, 15) is 9.59 Å². The van der Waals surface area contributed by atoms with Gasteiger partial charge in [-0.15, -0.1) is 0 Å². The van der Waals surface area contributed by atoms with Gasteiger partial charge in [-0.25, -0.2) is 0 Å². The lowest BCUT2D eigenvalue weighted by molar-refractivity contribution is -0.122. The second-order valence-electron chi connectivity index (χ2n) is 5.81. The minimum absolute atomic E-state index is 0.000245. The first-order valence-electron chi connectivity index (χ1n) is 6.54. The van der Waals surface area contributed by atoms with Crippen LogP contribution in [0.4, 0.5) is 0 Å². The minimum Gasteiger partial charge on any atom is -0.497 e. The maximum Gasteiger partial charge on any atom is 0.255 e. The van der Waals surface area contributed by atoms with Crippen LogP contribution in [-0.4, -0.2) is 43.0 Å². The summed E-state index contributed by atoms with van der Waals surface area (Å²) in [4.78, 5) is 25.6. The van der Waals surface area contributed by atoms with Crippen LogP contribution in [0.25, 0.3) is 0 Å². The third-order valence-electron chi connectivity index (χ3n) is 2.65. The summed E-state index contributed by atoms with van der Waals surface area (Å²) in [6.45, 7) is 5.68. The number of amides is 2. The SMILES string of the molecule is COc1ccc(Br)c(C(=O)N(C)CC(=O)NC(C)(C)C)c1. The number of hydrogen-bond donors (Lipinski definition) is 1. The normalized spacial score (nSPS) is 11.0. The van der Waals surface area contributed by atoms with E-state index >= 15 is 0 Å². The Kier molecular flexibility index (Phi) is 5.78. The molecule has 0 saturated heterocycles. The van der Waals surface area contributed by atoms with E-state index in [1.165, 1.54) is 12.0 Å². The summed E-state index contributed by atoms with van der Waals surface area (Å²) in [7, 11) is 3.13. The van der Waals surface area contributed by atoms with Crippen LogP contribution in [0.1, 0.15) is 31.1 Å². The van der Waals surface area contributed by atoms with E-state index in [1.54, 1.807) is 25.2 Å². The fourth-order valence-corrected chi connectivity index (χ4v) is 2.16. The molecule has 0 atom stereocenters. The van der Waals surface area contributed by atoms with Crippen molar-refractivity contribution in [3.05, 3.63) is 28.2 Å². The molecule has 5 nitrogen and oxygen atoms in total. The van der Waals surface area contributed by atoms with Gasteiger partial charge >= 0.3 is 0 Å². The number of carbonyl (C=O) groups excluding carboxylic acids is 2. The summed E-state index contributed by atoms with van der Waals surface area (Å²) in [5, 5.41) is 2.82. The van der Waals surface area contributed by atoms with Crippen LogP contribution in [0, 0.1) is 0 Å². The van der Waals surface area contributed by atoms with Gasteiger partial charge in [-0.3, -0.25) is 9.59 Å². The Balaban J connectivity index is 2.81. The Morgan fingerprint density at radius 2 is 1.95 bits per heavy atom. The molecular formula is C15H21BrN2O3. The van der Waals surface area contributed by atoms with E-state index in [0.717, 1.165) is 0 Å². The summed E-state index contributed by atoms with van der Waals surface area (Å²) < 4.78 is 5.78. The van der Waals surface area contributed by atoms with Crippen molar-refractivity contribution in [3.63, 3.8) is 0 Å². The van der Waals surface area contributed by atoms with Crippen LogP contribution in [0.5, 0.6) is 5.75 Å². The number of benzene rings is 1. The summed E-state index contributed by atoms with van der Waals surface area (Å²) >= 11 is 3.34. The van der Waals surface area contributed by atoms with Gasteiger partial charge in [0.05, 0.1) is 19.2 Å². The van der Waals surface area contributed by atoms with Gasteiger partial charge in [0.1, 0.15) is 5.75 Å². The largest absolute Gasteiger partial charge is 0.497 e. The number of hydrogen-bond acceptors (Lipinski definition) is 3. The van der Waals surface area contributed by atoms with E-state index in [4.69, 9.17) is 4.74 Å². The lowest BCUT2D eigenvalue weighted by atomic mass is 10.1. The van der Waals surface area contributed by atoms with Crippen LogP contribution < -0.4 is 10.1 Å². The Hall–Kier alpha value is -1.56. The smallest absolute Gasteiger partial charge is 0.255 e. The lowest BCUT2D eigenvalue weighted by Gasteiger charge is -2.23. The first-order chi connectivity index (χ1) is 9.64. The molecule has 0 unspecified atom stereocenters. The van der Waals surface area contributed by atoms with Crippen LogP contribution in [0.3, 0.4) is 0 Å². The number of ether oxygens (including phenoxy) is 1.